The quantitative estimate of drug-likeness (QED) is 0.785. The van der Waals surface area contributed by atoms with E-state index in [4.69, 9.17) is 5.73 Å². The smallest absolute Gasteiger partial charge is 0.320 e. The molecule has 0 saturated carbocycles. The standard InChI is InChI=1S/C16H24N4O2/c1-3-15-11-19(9-12(2)17)16(21)20(15)10-14-6-4-13(5-7-14)8-18-22/h4-7,12,15H,3,8-11,17H2,1-2H3. The lowest BCUT2D eigenvalue weighted by atomic mass is 10.1. The number of benzene rings is 1. The summed E-state index contributed by atoms with van der Waals surface area (Å²) in [4.78, 5) is 26.5. The lowest BCUT2D eigenvalue weighted by Crippen LogP contribution is -2.38. The van der Waals surface area contributed by atoms with Crippen LogP contribution in [0.1, 0.15) is 31.4 Å². The fraction of sp³-hybridized carbons (Fsp3) is 0.562. The van der Waals surface area contributed by atoms with Gasteiger partial charge in [0.1, 0.15) is 6.54 Å². The molecule has 1 aromatic carbocycles. The van der Waals surface area contributed by atoms with Gasteiger partial charge in [0.15, 0.2) is 0 Å². The normalized spacial score (nSPS) is 19.6. The summed E-state index contributed by atoms with van der Waals surface area (Å²) in [5.41, 5.74) is 7.76. The number of nitrogens with zero attached hydrogens (tertiary/aromatic N) is 3. The molecule has 1 heterocycles. The van der Waals surface area contributed by atoms with Crippen LogP contribution in [0.5, 0.6) is 0 Å². The Kier molecular flexibility index (Phi) is 5.49. The third-order valence-electron chi connectivity index (χ3n) is 3.99. The summed E-state index contributed by atoms with van der Waals surface area (Å²) in [5, 5.41) is 2.88. The van der Waals surface area contributed by atoms with Crippen molar-refractivity contribution in [2.24, 2.45) is 10.9 Å². The molecule has 2 amide bonds. The van der Waals surface area contributed by atoms with Crippen molar-refractivity contribution in [1.82, 2.24) is 9.80 Å². The molecule has 2 N–H and O–H groups in total. The first-order chi connectivity index (χ1) is 10.5. The first kappa shape index (κ1) is 16.4. The van der Waals surface area contributed by atoms with Gasteiger partial charge in [0, 0.05) is 25.7 Å². The fourth-order valence-electron chi connectivity index (χ4n) is 2.84. The van der Waals surface area contributed by atoms with Crippen molar-refractivity contribution in [1.29, 1.82) is 0 Å². The van der Waals surface area contributed by atoms with Gasteiger partial charge in [0.05, 0.1) is 6.04 Å². The van der Waals surface area contributed by atoms with Crippen LogP contribution in [0, 0.1) is 4.91 Å². The molecule has 2 atom stereocenters. The minimum atomic E-state index is -0.0171. The highest BCUT2D eigenvalue weighted by Gasteiger charge is 2.36. The van der Waals surface area contributed by atoms with Gasteiger partial charge >= 0.3 is 6.03 Å². The van der Waals surface area contributed by atoms with E-state index in [2.05, 4.69) is 12.1 Å². The molecular weight excluding hydrogens is 280 g/mol. The number of carbonyl (C=O) groups excluding carboxylic acids is 1. The molecule has 0 bridgehead atoms. The van der Waals surface area contributed by atoms with Gasteiger partial charge in [-0.1, -0.05) is 36.4 Å². The van der Waals surface area contributed by atoms with E-state index >= 15 is 0 Å². The van der Waals surface area contributed by atoms with Gasteiger partial charge in [-0.3, -0.25) is 0 Å². The molecular formula is C16H24N4O2. The van der Waals surface area contributed by atoms with Gasteiger partial charge < -0.3 is 15.5 Å². The molecule has 1 aliphatic rings. The number of rotatable bonds is 7. The minimum Gasteiger partial charge on any atom is -0.326 e. The van der Waals surface area contributed by atoms with Crippen LogP contribution < -0.4 is 5.73 Å². The zero-order valence-corrected chi connectivity index (χ0v) is 13.2. The van der Waals surface area contributed by atoms with E-state index in [1.165, 1.54) is 0 Å². The minimum absolute atomic E-state index is 0.0171. The molecule has 22 heavy (non-hydrogen) atoms. The number of nitrogens with two attached hydrogens (primary N) is 1. The summed E-state index contributed by atoms with van der Waals surface area (Å²) in [6.07, 6.45) is 0.925. The van der Waals surface area contributed by atoms with Crippen molar-refractivity contribution in [2.75, 3.05) is 13.1 Å². The average molecular weight is 304 g/mol. The molecule has 0 spiro atoms. The molecule has 1 saturated heterocycles. The van der Waals surface area contributed by atoms with Crippen molar-refractivity contribution >= 4 is 6.03 Å². The summed E-state index contributed by atoms with van der Waals surface area (Å²) >= 11 is 0. The maximum atomic E-state index is 12.5. The molecule has 1 aliphatic heterocycles. The van der Waals surface area contributed by atoms with Crippen LogP contribution in [-0.2, 0) is 13.1 Å². The predicted molar refractivity (Wildman–Crippen MR) is 86.2 cm³/mol. The number of amides is 2. The Bertz CT molecular complexity index is 515. The third kappa shape index (κ3) is 3.82. The zero-order valence-electron chi connectivity index (χ0n) is 13.2. The van der Waals surface area contributed by atoms with E-state index in [-0.39, 0.29) is 24.7 Å². The lowest BCUT2D eigenvalue weighted by Gasteiger charge is -2.22. The van der Waals surface area contributed by atoms with E-state index < -0.39 is 0 Å². The first-order valence-corrected chi connectivity index (χ1v) is 7.73. The number of hydrogen-bond donors (Lipinski definition) is 1. The van der Waals surface area contributed by atoms with Gasteiger partial charge in [-0.05, 0) is 24.5 Å². The molecule has 120 valence electrons. The van der Waals surface area contributed by atoms with Crippen molar-refractivity contribution in [2.45, 2.75) is 45.4 Å². The summed E-state index contributed by atoms with van der Waals surface area (Å²) in [5.74, 6) is 0. The maximum Gasteiger partial charge on any atom is 0.320 e. The molecule has 2 unspecified atom stereocenters. The Morgan fingerprint density at radius 1 is 1.32 bits per heavy atom. The number of hydrogen-bond acceptors (Lipinski definition) is 4. The highest BCUT2D eigenvalue weighted by molar-refractivity contribution is 5.77. The first-order valence-electron chi connectivity index (χ1n) is 7.73. The van der Waals surface area contributed by atoms with Crippen LogP contribution in [-0.4, -0.2) is 41.0 Å². The van der Waals surface area contributed by atoms with Gasteiger partial charge in [-0.2, -0.15) is 4.91 Å². The fourth-order valence-corrected chi connectivity index (χ4v) is 2.84. The molecule has 0 aromatic heterocycles. The second-order valence-electron chi connectivity index (χ2n) is 5.96. The van der Waals surface area contributed by atoms with Gasteiger partial charge in [0.25, 0.3) is 0 Å². The second-order valence-corrected chi connectivity index (χ2v) is 5.96. The van der Waals surface area contributed by atoms with Crippen molar-refractivity contribution in [3.63, 3.8) is 0 Å². The molecule has 1 fully saturated rings. The van der Waals surface area contributed by atoms with Gasteiger partial charge in [-0.25, -0.2) is 4.79 Å². The molecule has 1 aromatic rings. The van der Waals surface area contributed by atoms with Gasteiger partial charge in [-0.15, -0.1) is 0 Å². The van der Waals surface area contributed by atoms with Gasteiger partial charge in [0.2, 0.25) is 0 Å². The van der Waals surface area contributed by atoms with E-state index in [9.17, 15) is 9.70 Å². The van der Waals surface area contributed by atoms with Crippen LogP contribution in [0.2, 0.25) is 0 Å². The highest BCUT2D eigenvalue weighted by Crippen LogP contribution is 2.21. The van der Waals surface area contributed by atoms with E-state index in [0.29, 0.717) is 13.1 Å². The van der Waals surface area contributed by atoms with Crippen molar-refractivity contribution in [3.8, 4) is 0 Å². The Morgan fingerprint density at radius 2 is 1.95 bits per heavy atom. The van der Waals surface area contributed by atoms with E-state index in [0.717, 1.165) is 24.1 Å². The molecule has 0 radical (unpaired) electrons. The Labute approximate surface area is 131 Å². The lowest BCUT2D eigenvalue weighted by molar-refractivity contribution is 0.182. The number of carbonyl (C=O) groups is 1. The monoisotopic (exact) mass is 304 g/mol. The van der Waals surface area contributed by atoms with Crippen LogP contribution >= 0.6 is 0 Å². The Morgan fingerprint density at radius 3 is 2.50 bits per heavy atom. The van der Waals surface area contributed by atoms with Crippen LogP contribution in [0.4, 0.5) is 4.79 Å². The number of urea groups is 1. The molecule has 0 aliphatic carbocycles. The topological polar surface area (TPSA) is 79.0 Å². The molecule has 6 heteroatoms. The molecule has 2 rings (SSSR count). The third-order valence-corrected chi connectivity index (χ3v) is 3.99. The predicted octanol–water partition coefficient (Wildman–Crippen LogP) is 2.32. The SMILES string of the molecule is CCC1CN(CC(C)N)C(=O)N1Cc1ccc(CN=O)cc1. The summed E-state index contributed by atoms with van der Waals surface area (Å²) in [6.45, 7) is 6.11. The Balaban J connectivity index is 2.06. The van der Waals surface area contributed by atoms with Crippen LogP contribution in [0.15, 0.2) is 29.4 Å². The highest BCUT2D eigenvalue weighted by atomic mass is 16.3. The van der Waals surface area contributed by atoms with Crippen molar-refractivity contribution in [3.05, 3.63) is 40.3 Å². The second kappa shape index (κ2) is 7.35. The summed E-state index contributed by atoms with van der Waals surface area (Å²) in [6, 6.07) is 7.95. The van der Waals surface area contributed by atoms with E-state index in [1.807, 2.05) is 41.0 Å². The van der Waals surface area contributed by atoms with Crippen molar-refractivity contribution < 1.29 is 4.79 Å². The number of nitroso groups, excluding NO2 is 1. The summed E-state index contributed by atoms with van der Waals surface area (Å²) in [7, 11) is 0. The molecule has 6 nitrogen and oxygen atoms in total. The van der Waals surface area contributed by atoms with Crippen LogP contribution in [0.3, 0.4) is 0 Å². The largest absolute Gasteiger partial charge is 0.326 e. The average Bonchev–Trinajstić information content (AvgIpc) is 2.77. The Hall–Kier alpha value is -1.95. The maximum absolute atomic E-state index is 12.5. The van der Waals surface area contributed by atoms with E-state index in [1.54, 1.807) is 0 Å². The van der Waals surface area contributed by atoms with Crippen LogP contribution in [0.25, 0.3) is 0 Å². The summed E-state index contributed by atoms with van der Waals surface area (Å²) < 4.78 is 0. The zero-order chi connectivity index (χ0) is 16.1.